The van der Waals surface area contributed by atoms with E-state index in [-0.39, 0.29) is 5.69 Å². The van der Waals surface area contributed by atoms with Crippen molar-refractivity contribution >= 4 is 23.4 Å². The van der Waals surface area contributed by atoms with E-state index in [0.717, 1.165) is 4.90 Å². The van der Waals surface area contributed by atoms with Crippen molar-refractivity contribution in [2.75, 3.05) is 0 Å². The Morgan fingerprint density at radius 2 is 2.28 bits per heavy atom. The molecular weight excluding hydrogens is 274 g/mol. The highest BCUT2D eigenvalue weighted by Gasteiger charge is 2.10. The van der Waals surface area contributed by atoms with Gasteiger partial charge >= 0.3 is 5.69 Å². The van der Waals surface area contributed by atoms with Crippen LogP contribution in [-0.2, 0) is 7.05 Å². The SMILES string of the molecule is CC(O)c1ccc(Sc2n[nH]c(=O)n2C)cc1Cl. The molecule has 5 nitrogen and oxygen atoms in total. The molecule has 0 aliphatic carbocycles. The second kappa shape index (κ2) is 5.17. The third-order valence-electron chi connectivity index (χ3n) is 2.47. The number of aromatic amines is 1. The molecule has 0 aliphatic heterocycles. The molecule has 1 heterocycles. The maximum Gasteiger partial charge on any atom is 0.343 e. The van der Waals surface area contributed by atoms with Gasteiger partial charge in [-0.05, 0) is 36.4 Å². The van der Waals surface area contributed by atoms with Crippen molar-refractivity contribution < 1.29 is 5.11 Å². The summed E-state index contributed by atoms with van der Waals surface area (Å²) in [4.78, 5) is 12.1. The van der Waals surface area contributed by atoms with Crippen molar-refractivity contribution in [1.29, 1.82) is 0 Å². The summed E-state index contributed by atoms with van der Waals surface area (Å²) in [6.07, 6.45) is -0.605. The van der Waals surface area contributed by atoms with E-state index < -0.39 is 6.10 Å². The van der Waals surface area contributed by atoms with E-state index in [2.05, 4.69) is 10.2 Å². The number of H-pyrrole nitrogens is 1. The molecule has 2 aromatic rings. The van der Waals surface area contributed by atoms with E-state index in [1.54, 1.807) is 26.1 Å². The molecule has 0 radical (unpaired) electrons. The van der Waals surface area contributed by atoms with Crippen molar-refractivity contribution in [2.24, 2.45) is 7.05 Å². The zero-order chi connectivity index (χ0) is 13.3. The van der Waals surface area contributed by atoms with Crippen LogP contribution in [-0.4, -0.2) is 19.9 Å². The highest BCUT2D eigenvalue weighted by molar-refractivity contribution is 7.99. The zero-order valence-corrected chi connectivity index (χ0v) is 11.4. The topological polar surface area (TPSA) is 70.9 Å². The van der Waals surface area contributed by atoms with Crippen molar-refractivity contribution in [1.82, 2.24) is 14.8 Å². The number of aliphatic hydroxyl groups excluding tert-OH is 1. The molecule has 0 amide bonds. The smallest absolute Gasteiger partial charge is 0.343 e. The minimum absolute atomic E-state index is 0.260. The van der Waals surface area contributed by atoms with Crippen LogP contribution in [0, 0.1) is 0 Å². The lowest BCUT2D eigenvalue weighted by atomic mass is 10.1. The summed E-state index contributed by atoms with van der Waals surface area (Å²) in [6.45, 7) is 1.66. The standard InChI is InChI=1S/C11H12ClN3O2S/c1-6(16)8-4-3-7(5-9(8)12)18-11-14-13-10(17)15(11)2/h3-6,16H,1-2H3,(H,13,17). The maximum atomic E-state index is 11.2. The second-order valence-corrected chi connectivity index (χ2v) is 5.28. The number of benzene rings is 1. The summed E-state index contributed by atoms with van der Waals surface area (Å²) in [5.74, 6) is 0. The van der Waals surface area contributed by atoms with Gasteiger partial charge in [0.1, 0.15) is 0 Å². The Morgan fingerprint density at radius 3 is 2.78 bits per heavy atom. The lowest BCUT2D eigenvalue weighted by molar-refractivity contribution is 0.199. The summed E-state index contributed by atoms with van der Waals surface area (Å²) in [6, 6.07) is 5.34. The number of nitrogens with one attached hydrogen (secondary N) is 1. The monoisotopic (exact) mass is 285 g/mol. The van der Waals surface area contributed by atoms with Crippen LogP contribution < -0.4 is 5.69 Å². The molecule has 1 atom stereocenters. The normalized spacial score (nSPS) is 12.7. The Balaban J connectivity index is 2.28. The summed E-state index contributed by atoms with van der Waals surface area (Å²) in [7, 11) is 1.64. The highest BCUT2D eigenvalue weighted by Crippen LogP contribution is 2.31. The molecule has 0 aliphatic rings. The van der Waals surface area contributed by atoms with Crippen LogP contribution in [0.3, 0.4) is 0 Å². The fourth-order valence-corrected chi connectivity index (χ4v) is 2.68. The number of rotatable bonds is 3. The maximum absolute atomic E-state index is 11.2. The third kappa shape index (κ3) is 2.60. The van der Waals surface area contributed by atoms with Gasteiger partial charge in [0.2, 0.25) is 0 Å². The van der Waals surface area contributed by atoms with Gasteiger partial charge in [0.25, 0.3) is 0 Å². The lowest BCUT2D eigenvalue weighted by Gasteiger charge is -2.08. The van der Waals surface area contributed by atoms with E-state index in [9.17, 15) is 9.90 Å². The molecule has 18 heavy (non-hydrogen) atoms. The van der Waals surface area contributed by atoms with Crippen LogP contribution >= 0.6 is 23.4 Å². The summed E-state index contributed by atoms with van der Waals surface area (Å²) < 4.78 is 1.42. The van der Waals surface area contributed by atoms with Gasteiger partial charge < -0.3 is 5.11 Å². The van der Waals surface area contributed by atoms with Crippen molar-refractivity contribution in [3.63, 3.8) is 0 Å². The van der Waals surface area contributed by atoms with E-state index in [1.807, 2.05) is 6.07 Å². The fourth-order valence-electron chi connectivity index (χ4n) is 1.44. The minimum Gasteiger partial charge on any atom is -0.389 e. The van der Waals surface area contributed by atoms with Crippen LogP contribution in [0.5, 0.6) is 0 Å². The predicted molar refractivity (Wildman–Crippen MR) is 70.0 cm³/mol. The molecular formula is C11H12ClN3O2S. The summed E-state index contributed by atoms with van der Waals surface area (Å²) >= 11 is 7.39. The molecule has 2 N–H and O–H groups in total. The highest BCUT2D eigenvalue weighted by atomic mass is 35.5. The van der Waals surface area contributed by atoms with Crippen LogP contribution in [0.25, 0.3) is 0 Å². The van der Waals surface area contributed by atoms with E-state index in [4.69, 9.17) is 11.6 Å². The molecule has 0 fully saturated rings. The average molecular weight is 286 g/mol. The number of halogens is 1. The molecule has 0 spiro atoms. The van der Waals surface area contributed by atoms with Crippen LogP contribution in [0.1, 0.15) is 18.6 Å². The minimum atomic E-state index is -0.605. The van der Waals surface area contributed by atoms with E-state index in [0.29, 0.717) is 15.7 Å². The second-order valence-electron chi connectivity index (χ2n) is 3.83. The van der Waals surface area contributed by atoms with Crippen molar-refractivity contribution in [3.05, 3.63) is 39.3 Å². The van der Waals surface area contributed by atoms with Crippen LogP contribution in [0.4, 0.5) is 0 Å². The molecule has 1 aromatic heterocycles. The Labute approximate surface area is 113 Å². The van der Waals surface area contributed by atoms with Gasteiger partial charge in [-0.15, -0.1) is 5.10 Å². The number of aromatic nitrogens is 3. The first-order chi connectivity index (χ1) is 8.49. The first-order valence-corrected chi connectivity index (χ1v) is 6.45. The largest absolute Gasteiger partial charge is 0.389 e. The van der Waals surface area contributed by atoms with Crippen LogP contribution in [0.2, 0.25) is 5.02 Å². The van der Waals surface area contributed by atoms with Gasteiger partial charge in [0, 0.05) is 17.0 Å². The average Bonchev–Trinajstić information content (AvgIpc) is 2.61. The van der Waals surface area contributed by atoms with Gasteiger partial charge in [-0.3, -0.25) is 4.57 Å². The molecule has 0 saturated heterocycles. The van der Waals surface area contributed by atoms with Gasteiger partial charge in [-0.2, -0.15) is 0 Å². The first kappa shape index (κ1) is 13.2. The Kier molecular flexibility index (Phi) is 3.79. The molecule has 96 valence electrons. The Hall–Kier alpha value is -1.24. The fraction of sp³-hybridized carbons (Fsp3) is 0.273. The lowest BCUT2D eigenvalue weighted by Crippen LogP contribution is -2.12. The van der Waals surface area contributed by atoms with Gasteiger partial charge in [0.05, 0.1) is 6.10 Å². The molecule has 1 aromatic carbocycles. The van der Waals surface area contributed by atoms with Gasteiger partial charge in [0.15, 0.2) is 5.16 Å². The van der Waals surface area contributed by atoms with Gasteiger partial charge in [-0.25, -0.2) is 9.89 Å². The third-order valence-corrected chi connectivity index (χ3v) is 3.83. The van der Waals surface area contributed by atoms with Crippen LogP contribution in [0.15, 0.2) is 33.0 Å². The Morgan fingerprint density at radius 1 is 1.56 bits per heavy atom. The molecule has 2 rings (SSSR count). The number of nitrogens with zero attached hydrogens (tertiary/aromatic N) is 2. The number of hydrogen-bond acceptors (Lipinski definition) is 4. The van der Waals surface area contributed by atoms with Crippen molar-refractivity contribution in [3.8, 4) is 0 Å². The van der Waals surface area contributed by atoms with Gasteiger partial charge in [-0.1, -0.05) is 17.7 Å². The van der Waals surface area contributed by atoms with Crippen molar-refractivity contribution in [2.45, 2.75) is 23.1 Å². The molecule has 1 unspecified atom stereocenters. The van der Waals surface area contributed by atoms with E-state index in [1.165, 1.54) is 16.3 Å². The predicted octanol–water partition coefficient (Wildman–Crippen LogP) is 1.97. The summed E-state index contributed by atoms with van der Waals surface area (Å²) in [5, 5.41) is 16.8. The van der Waals surface area contributed by atoms with E-state index >= 15 is 0 Å². The number of hydrogen-bond donors (Lipinski definition) is 2. The Bertz CT molecular complexity index is 621. The molecule has 0 bridgehead atoms. The number of aliphatic hydroxyl groups is 1. The first-order valence-electron chi connectivity index (χ1n) is 5.26. The molecule has 7 heteroatoms. The molecule has 0 saturated carbocycles. The summed E-state index contributed by atoms with van der Waals surface area (Å²) in [5.41, 5.74) is 0.418. The zero-order valence-electron chi connectivity index (χ0n) is 9.85. The quantitative estimate of drug-likeness (QED) is 0.904.